The number of fused-ring (bicyclic) bond motifs is 2. The average Bonchev–Trinajstić information content (AvgIpc) is 3.54. The largest absolute Gasteiger partial charge is 0.396 e. The standard InChI is InChI=1S/C23H26N6O2/c1-12-16(10-26-18-3-2-5-25-21(12)18)19-8-14-9-20(27-11-17(14)22(24)28-19)29-23(31)15-7-13(15)4-6-30/h8-11,13,15,25,30H,2-7H2,1H3,(H2,24,28)(H,27,29,31)/t13-,15+/m0/s1. The minimum atomic E-state index is -0.0478. The van der Waals surface area contributed by atoms with Crippen molar-refractivity contribution in [1.82, 2.24) is 15.0 Å². The van der Waals surface area contributed by atoms with Gasteiger partial charge in [-0.15, -0.1) is 0 Å². The first-order valence-corrected chi connectivity index (χ1v) is 10.8. The fourth-order valence-electron chi connectivity index (χ4n) is 4.46. The number of nitrogen functional groups attached to an aromatic ring is 1. The highest BCUT2D eigenvalue weighted by atomic mass is 16.3. The molecule has 0 radical (unpaired) electrons. The molecule has 4 heterocycles. The Labute approximate surface area is 180 Å². The van der Waals surface area contributed by atoms with Crippen LogP contribution in [0.1, 0.15) is 30.5 Å². The van der Waals surface area contributed by atoms with Crippen LogP contribution in [0.15, 0.2) is 24.5 Å². The molecule has 0 aromatic carbocycles. The van der Waals surface area contributed by atoms with Crippen molar-refractivity contribution in [1.29, 1.82) is 0 Å². The molecular weight excluding hydrogens is 392 g/mol. The van der Waals surface area contributed by atoms with Gasteiger partial charge in [0.2, 0.25) is 5.91 Å². The SMILES string of the molecule is Cc1c(-c2cc3cc(NC(=O)[C@@H]4C[C@@H]4CCO)ncc3c(N)n2)cnc2c1NCCC2. The van der Waals surface area contributed by atoms with Crippen molar-refractivity contribution >= 4 is 34.0 Å². The number of nitrogens with one attached hydrogen (secondary N) is 2. The molecule has 31 heavy (non-hydrogen) atoms. The number of hydrogen-bond acceptors (Lipinski definition) is 7. The number of pyridine rings is 3. The molecule has 0 spiro atoms. The van der Waals surface area contributed by atoms with Gasteiger partial charge in [0, 0.05) is 42.4 Å². The zero-order valence-corrected chi connectivity index (χ0v) is 17.5. The van der Waals surface area contributed by atoms with E-state index in [0.29, 0.717) is 18.1 Å². The fraction of sp³-hybridized carbons (Fsp3) is 0.391. The van der Waals surface area contributed by atoms with Crippen LogP contribution in [0.5, 0.6) is 0 Å². The van der Waals surface area contributed by atoms with Crippen molar-refractivity contribution in [3.63, 3.8) is 0 Å². The lowest BCUT2D eigenvalue weighted by molar-refractivity contribution is -0.117. The van der Waals surface area contributed by atoms with Gasteiger partial charge in [-0.2, -0.15) is 0 Å². The van der Waals surface area contributed by atoms with E-state index in [2.05, 4.69) is 32.5 Å². The van der Waals surface area contributed by atoms with E-state index in [1.54, 1.807) is 6.20 Å². The monoisotopic (exact) mass is 418 g/mol. The maximum atomic E-state index is 12.4. The van der Waals surface area contributed by atoms with Gasteiger partial charge in [0.15, 0.2) is 0 Å². The summed E-state index contributed by atoms with van der Waals surface area (Å²) in [6, 6.07) is 3.80. The maximum Gasteiger partial charge on any atom is 0.228 e. The lowest BCUT2D eigenvalue weighted by Crippen LogP contribution is -2.16. The van der Waals surface area contributed by atoms with Crippen molar-refractivity contribution in [3.8, 4) is 11.3 Å². The smallest absolute Gasteiger partial charge is 0.228 e. The average molecular weight is 419 g/mol. The van der Waals surface area contributed by atoms with Crippen molar-refractivity contribution in [2.24, 2.45) is 11.8 Å². The molecule has 8 heteroatoms. The quantitative estimate of drug-likeness (QED) is 0.502. The van der Waals surface area contributed by atoms with Crippen molar-refractivity contribution in [3.05, 3.63) is 35.8 Å². The van der Waals surface area contributed by atoms with Crippen LogP contribution in [-0.2, 0) is 11.2 Å². The first-order valence-electron chi connectivity index (χ1n) is 10.8. The first kappa shape index (κ1) is 19.7. The number of nitrogens with two attached hydrogens (primary N) is 1. The third-order valence-corrected chi connectivity index (χ3v) is 6.34. The second-order valence-electron chi connectivity index (χ2n) is 8.44. The molecule has 5 N–H and O–H groups in total. The van der Waals surface area contributed by atoms with Crippen molar-refractivity contribution in [2.75, 3.05) is 29.5 Å². The number of aryl methyl sites for hydroxylation is 1. The molecule has 8 nitrogen and oxygen atoms in total. The summed E-state index contributed by atoms with van der Waals surface area (Å²) in [5, 5.41) is 17.0. The summed E-state index contributed by atoms with van der Waals surface area (Å²) in [5.41, 5.74) is 11.2. The van der Waals surface area contributed by atoms with Crippen LogP contribution in [0.3, 0.4) is 0 Å². The van der Waals surface area contributed by atoms with E-state index in [4.69, 9.17) is 10.8 Å². The van der Waals surface area contributed by atoms with Crippen LogP contribution in [0.4, 0.5) is 17.3 Å². The van der Waals surface area contributed by atoms with E-state index in [-0.39, 0.29) is 24.3 Å². The Morgan fingerprint density at radius 1 is 1.32 bits per heavy atom. The predicted molar refractivity (Wildman–Crippen MR) is 121 cm³/mol. The zero-order valence-electron chi connectivity index (χ0n) is 17.5. The van der Waals surface area contributed by atoms with Gasteiger partial charge < -0.3 is 21.5 Å². The molecule has 1 saturated carbocycles. The van der Waals surface area contributed by atoms with Gasteiger partial charge in [0.05, 0.1) is 17.1 Å². The van der Waals surface area contributed by atoms with E-state index >= 15 is 0 Å². The third-order valence-electron chi connectivity index (χ3n) is 6.34. The molecule has 1 fully saturated rings. The molecular formula is C23H26N6O2. The van der Waals surface area contributed by atoms with E-state index in [1.165, 1.54) is 0 Å². The Morgan fingerprint density at radius 3 is 3.03 bits per heavy atom. The van der Waals surface area contributed by atoms with Gasteiger partial charge in [-0.05, 0) is 61.6 Å². The number of anilines is 3. The highest BCUT2D eigenvalue weighted by molar-refractivity contribution is 5.98. The van der Waals surface area contributed by atoms with E-state index < -0.39 is 0 Å². The summed E-state index contributed by atoms with van der Waals surface area (Å²) in [6.07, 6.45) is 7.06. The maximum absolute atomic E-state index is 12.4. The first-order chi connectivity index (χ1) is 15.0. The summed E-state index contributed by atoms with van der Waals surface area (Å²) in [5.74, 6) is 1.07. The molecule has 2 atom stereocenters. The fourth-order valence-corrected chi connectivity index (χ4v) is 4.46. The van der Waals surface area contributed by atoms with Crippen LogP contribution in [0, 0.1) is 18.8 Å². The predicted octanol–water partition coefficient (Wildman–Crippen LogP) is 2.90. The Balaban J connectivity index is 1.46. The van der Waals surface area contributed by atoms with Gasteiger partial charge in [-0.25, -0.2) is 9.97 Å². The molecule has 2 aliphatic rings. The normalized spacial score (nSPS) is 19.5. The Kier molecular flexibility index (Phi) is 4.94. The summed E-state index contributed by atoms with van der Waals surface area (Å²) in [4.78, 5) is 26.0. The Hall–Kier alpha value is -3.26. The van der Waals surface area contributed by atoms with Crippen LogP contribution in [0.25, 0.3) is 22.0 Å². The van der Waals surface area contributed by atoms with Crippen molar-refractivity contribution in [2.45, 2.75) is 32.6 Å². The van der Waals surface area contributed by atoms with E-state index in [0.717, 1.165) is 64.8 Å². The number of amides is 1. The molecule has 0 bridgehead atoms. The number of rotatable bonds is 5. The number of aliphatic hydroxyl groups is 1. The third kappa shape index (κ3) is 3.67. The topological polar surface area (TPSA) is 126 Å². The molecule has 3 aromatic rings. The van der Waals surface area contributed by atoms with Gasteiger partial charge in [0.1, 0.15) is 11.6 Å². The Morgan fingerprint density at radius 2 is 2.19 bits per heavy atom. The lowest BCUT2D eigenvalue weighted by atomic mass is 9.99. The molecule has 1 aliphatic heterocycles. The summed E-state index contributed by atoms with van der Waals surface area (Å²) in [7, 11) is 0. The molecule has 0 unspecified atom stereocenters. The van der Waals surface area contributed by atoms with Crippen LogP contribution < -0.4 is 16.4 Å². The summed E-state index contributed by atoms with van der Waals surface area (Å²) in [6.45, 7) is 3.14. The molecule has 1 amide bonds. The Bertz CT molecular complexity index is 1180. The van der Waals surface area contributed by atoms with Crippen LogP contribution in [-0.4, -0.2) is 39.1 Å². The molecule has 160 valence electrons. The molecule has 5 rings (SSSR count). The van der Waals surface area contributed by atoms with Gasteiger partial charge >= 0.3 is 0 Å². The molecule has 0 saturated heterocycles. The van der Waals surface area contributed by atoms with Crippen LogP contribution >= 0.6 is 0 Å². The van der Waals surface area contributed by atoms with E-state index in [9.17, 15) is 4.79 Å². The molecule has 1 aliphatic carbocycles. The number of hydrogen-bond donors (Lipinski definition) is 4. The summed E-state index contributed by atoms with van der Waals surface area (Å²) >= 11 is 0. The van der Waals surface area contributed by atoms with Crippen LogP contribution in [0.2, 0.25) is 0 Å². The number of aliphatic hydroxyl groups excluding tert-OH is 1. The van der Waals surface area contributed by atoms with Gasteiger partial charge in [0.25, 0.3) is 0 Å². The number of carbonyl (C=O) groups excluding carboxylic acids is 1. The van der Waals surface area contributed by atoms with Gasteiger partial charge in [-0.1, -0.05) is 0 Å². The highest BCUT2D eigenvalue weighted by Gasteiger charge is 2.42. The van der Waals surface area contributed by atoms with E-state index in [1.807, 2.05) is 18.3 Å². The highest BCUT2D eigenvalue weighted by Crippen LogP contribution is 2.41. The number of carbonyl (C=O) groups is 1. The second-order valence-corrected chi connectivity index (χ2v) is 8.44. The zero-order chi connectivity index (χ0) is 21.5. The minimum absolute atomic E-state index is 0.0422. The van der Waals surface area contributed by atoms with Crippen molar-refractivity contribution < 1.29 is 9.90 Å². The number of nitrogens with zero attached hydrogens (tertiary/aromatic N) is 3. The van der Waals surface area contributed by atoms with Gasteiger partial charge in [-0.3, -0.25) is 9.78 Å². The lowest BCUT2D eigenvalue weighted by Gasteiger charge is -2.21. The minimum Gasteiger partial charge on any atom is -0.396 e. The second kappa shape index (κ2) is 7.77. The summed E-state index contributed by atoms with van der Waals surface area (Å²) < 4.78 is 0. The molecule has 3 aromatic heterocycles. The number of aromatic nitrogens is 3.